The number of carbonyl (C=O) groups is 2. The molecule has 132 valence electrons. The number of rotatable bonds is 6. The number of likely N-dealkylation sites (tertiary alicyclic amines) is 1. The number of esters is 1. The highest BCUT2D eigenvalue weighted by Crippen LogP contribution is 2.19. The number of nitrogens with two attached hydrogens (primary N) is 1. The van der Waals surface area contributed by atoms with E-state index in [1.54, 1.807) is 13.8 Å². The van der Waals surface area contributed by atoms with Gasteiger partial charge in [-0.05, 0) is 40.5 Å². The van der Waals surface area contributed by atoms with E-state index in [-0.39, 0.29) is 17.8 Å². The molecule has 3 N–H and O–H groups in total. The number of guanidine groups is 1. The lowest BCUT2D eigenvalue weighted by Gasteiger charge is -2.33. The third-order valence-corrected chi connectivity index (χ3v) is 4.04. The molecule has 1 rings (SSSR count). The minimum Gasteiger partial charge on any atom is -0.466 e. The smallest absolute Gasteiger partial charge is 0.309 e. The second kappa shape index (κ2) is 8.74. The van der Waals surface area contributed by atoms with Gasteiger partial charge in [0.05, 0.1) is 24.5 Å². The summed E-state index contributed by atoms with van der Waals surface area (Å²) in [5.41, 5.74) is 4.72. The molecule has 0 spiro atoms. The van der Waals surface area contributed by atoms with E-state index in [9.17, 15) is 9.59 Å². The highest BCUT2D eigenvalue weighted by Gasteiger charge is 2.29. The monoisotopic (exact) mass is 326 g/mol. The summed E-state index contributed by atoms with van der Waals surface area (Å²) in [6.45, 7) is 10.4. The summed E-state index contributed by atoms with van der Waals surface area (Å²) in [6.07, 6.45) is 1.50. The summed E-state index contributed by atoms with van der Waals surface area (Å²) >= 11 is 0. The number of aliphatic imine (C=N–C) groups is 1. The van der Waals surface area contributed by atoms with Gasteiger partial charge in [-0.3, -0.25) is 14.6 Å². The maximum absolute atomic E-state index is 11.8. The zero-order valence-corrected chi connectivity index (χ0v) is 14.7. The summed E-state index contributed by atoms with van der Waals surface area (Å²) < 4.78 is 5.09. The highest BCUT2D eigenvalue weighted by atomic mass is 16.5. The molecular weight excluding hydrogens is 296 g/mol. The molecule has 0 bridgehead atoms. The molecule has 1 amide bonds. The van der Waals surface area contributed by atoms with E-state index in [1.165, 1.54) is 0 Å². The van der Waals surface area contributed by atoms with E-state index in [0.717, 1.165) is 38.4 Å². The number of carbonyl (C=O) groups excluding carboxylic acids is 2. The lowest BCUT2D eigenvalue weighted by Crippen LogP contribution is -2.47. The highest BCUT2D eigenvalue weighted by molar-refractivity contribution is 5.83. The van der Waals surface area contributed by atoms with Gasteiger partial charge in [0.25, 0.3) is 0 Å². The molecule has 1 heterocycles. The van der Waals surface area contributed by atoms with Gasteiger partial charge in [-0.2, -0.15) is 0 Å². The van der Waals surface area contributed by atoms with Crippen LogP contribution < -0.4 is 11.1 Å². The predicted octanol–water partition coefficient (Wildman–Crippen LogP) is 0.739. The van der Waals surface area contributed by atoms with Gasteiger partial charge in [-0.25, -0.2) is 0 Å². The first-order chi connectivity index (χ1) is 10.8. The van der Waals surface area contributed by atoms with Gasteiger partial charge in [0.15, 0.2) is 5.96 Å². The van der Waals surface area contributed by atoms with Crippen molar-refractivity contribution in [3.63, 3.8) is 0 Å². The Hall–Kier alpha value is -1.79. The summed E-state index contributed by atoms with van der Waals surface area (Å²) in [5.74, 6) is 0.266. The van der Waals surface area contributed by atoms with Crippen LogP contribution in [0, 0.1) is 11.3 Å². The summed E-state index contributed by atoms with van der Waals surface area (Å²) in [6, 6.07) is 0. The topological polar surface area (TPSA) is 97.0 Å². The van der Waals surface area contributed by atoms with Crippen molar-refractivity contribution < 1.29 is 14.3 Å². The molecule has 0 saturated carbocycles. The average Bonchev–Trinajstić information content (AvgIpc) is 2.51. The number of ether oxygens (including phenoxy) is 1. The fraction of sp³-hybridized carbons (Fsp3) is 0.812. The molecule has 23 heavy (non-hydrogen) atoms. The van der Waals surface area contributed by atoms with Crippen LogP contribution >= 0.6 is 0 Å². The third kappa shape index (κ3) is 5.73. The largest absolute Gasteiger partial charge is 0.466 e. The number of primary amides is 1. The van der Waals surface area contributed by atoms with Gasteiger partial charge in [0.1, 0.15) is 0 Å². The maximum Gasteiger partial charge on any atom is 0.309 e. The molecular formula is C16H30N4O3. The van der Waals surface area contributed by atoms with Crippen LogP contribution in [0.4, 0.5) is 0 Å². The Morgan fingerprint density at radius 3 is 2.39 bits per heavy atom. The van der Waals surface area contributed by atoms with Gasteiger partial charge in [-0.15, -0.1) is 0 Å². The molecule has 1 aliphatic heterocycles. The lowest BCUT2D eigenvalue weighted by molar-refractivity contribution is -0.149. The standard InChI is InChI=1S/C16H30N4O3/c1-5-18-15(19-11-16(3,4)14(17)22)20-9-7-12(8-10-20)13(21)23-6-2/h12H,5-11H2,1-4H3,(H2,17,22)(H,18,19). The van der Waals surface area contributed by atoms with E-state index in [2.05, 4.69) is 15.2 Å². The van der Waals surface area contributed by atoms with Gasteiger partial charge < -0.3 is 20.7 Å². The Labute approximate surface area is 138 Å². The normalized spacial score (nSPS) is 17.0. The van der Waals surface area contributed by atoms with Crippen molar-refractivity contribution >= 4 is 17.8 Å². The minimum absolute atomic E-state index is 0.0314. The first-order valence-corrected chi connectivity index (χ1v) is 8.31. The molecule has 0 aromatic heterocycles. The Bertz CT molecular complexity index is 441. The molecule has 0 aliphatic carbocycles. The van der Waals surface area contributed by atoms with E-state index in [1.807, 2.05) is 13.8 Å². The van der Waals surface area contributed by atoms with Crippen LogP contribution in [0.3, 0.4) is 0 Å². The molecule has 0 radical (unpaired) electrons. The predicted molar refractivity (Wildman–Crippen MR) is 89.9 cm³/mol. The molecule has 0 unspecified atom stereocenters. The second-order valence-electron chi connectivity index (χ2n) is 6.43. The molecule has 1 saturated heterocycles. The second-order valence-corrected chi connectivity index (χ2v) is 6.43. The van der Waals surface area contributed by atoms with Crippen LogP contribution in [0.1, 0.15) is 40.5 Å². The Morgan fingerprint density at radius 1 is 1.30 bits per heavy atom. The molecule has 0 aromatic rings. The summed E-state index contributed by atoms with van der Waals surface area (Å²) in [4.78, 5) is 29.9. The molecule has 1 aliphatic rings. The van der Waals surface area contributed by atoms with Crippen LogP contribution in [0.25, 0.3) is 0 Å². The van der Waals surface area contributed by atoms with Crippen LogP contribution in [0.5, 0.6) is 0 Å². The lowest BCUT2D eigenvalue weighted by atomic mass is 9.93. The maximum atomic E-state index is 11.8. The molecule has 0 aromatic carbocycles. The zero-order valence-electron chi connectivity index (χ0n) is 14.7. The van der Waals surface area contributed by atoms with Crippen LogP contribution in [0.15, 0.2) is 4.99 Å². The fourth-order valence-electron chi connectivity index (χ4n) is 2.36. The van der Waals surface area contributed by atoms with E-state index >= 15 is 0 Å². The van der Waals surface area contributed by atoms with E-state index < -0.39 is 5.41 Å². The summed E-state index contributed by atoms with van der Waals surface area (Å²) in [7, 11) is 0. The first kappa shape index (κ1) is 19.3. The van der Waals surface area contributed by atoms with Crippen molar-refractivity contribution in [1.82, 2.24) is 10.2 Å². The Balaban J connectivity index is 2.66. The van der Waals surface area contributed by atoms with Gasteiger partial charge in [0, 0.05) is 19.6 Å². The van der Waals surface area contributed by atoms with Crippen molar-refractivity contribution in [3.05, 3.63) is 0 Å². The van der Waals surface area contributed by atoms with E-state index in [4.69, 9.17) is 10.5 Å². The van der Waals surface area contributed by atoms with Gasteiger partial charge >= 0.3 is 5.97 Å². The van der Waals surface area contributed by atoms with Crippen LogP contribution in [-0.4, -0.2) is 55.5 Å². The van der Waals surface area contributed by atoms with Crippen molar-refractivity contribution in [2.24, 2.45) is 22.1 Å². The number of amides is 1. The van der Waals surface area contributed by atoms with Crippen LogP contribution in [0.2, 0.25) is 0 Å². The Morgan fingerprint density at radius 2 is 1.91 bits per heavy atom. The zero-order chi connectivity index (χ0) is 17.5. The number of hydrogen-bond acceptors (Lipinski definition) is 4. The number of piperidine rings is 1. The third-order valence-electron chi connectivity index (χ3n) is 4.04. The SMILES string of the molecule is CCNC(=NCC(C)(C)C(N)=O)N1CCC(C(=O)OCC)CC1. The fourth-order valence-corrected chi connectivity index (χ4v) is 2.36. The average molecular weight is 326 g/mol. The van der Waals surface area contributed by atoms with Crippen molar-refractivity contribution in [2.45, 2.75) is 40.5 Å². The molecule has 7 nitrogen and oxygen atoms in total. The molecule has 7 heteroatoms. The van der Waals surface area contributed by atoms with E-state index in [0.29, 0.717) is 13.2 Å². The van der Waals surface area contributed by atoms with Crippen molar-refractivity contribution in [2.75, 3.05) is 32.8 Å². The Kier molecular flexibility index (Phi) is 7.32. The van der Waals surface area contributed by atoms with Crippen molar-refractivity contribution in [3.8, 4) is 0 Å². The molecule has 1 fully saturated rings. The quantitative estimate of drug-likeness (QED) is 0.426. The molecule has 0 atom stereocenters. The van der Waals surface area contributed by atoms with Crippen molar-refractivity contribution in [1.29, 1.82) is 0 Å². The summed E-state index contributed by atoms with van der Waals surface area (Å²) in [5, 5.41) is 3.24. The number of hydrogen-bond donors (Lipinski definition) is 2. The first-order valence-electron chi connectivity index (χ1n) is 8.31. The number of nitrogens with one attached hydrogen (secondary N) is 1. The van der Waals surface area contributed by atoms with Crippen LogP contribution in [-0.2, 0) is 14.3 Å². The van der Waals surface area contributed by atoms with Gasteiger partial charge in [0.2, 0.25) is 5.91 Å². The van der Waals surface area contributed by atoms with Gasteiger partial charge in [-0.1, -0.05) is 0 Å². The number of nitrogens with zero attached hydrogens (tertiary/aromatic N) is 2. The minimum atomic E-state index is -0.677.